The Morgan fingerprint density at radius 1 is 0.718 bits per heavy atom. The van der Waals surface area contributed by atoms with Crippen molar-refractivity contribution in [2.75, 3.05) is 33.3 Å². The van der Waals surface area contributed by atoms with Gasteiger partial charge in [0.1, 0.15) is 0 Å². The molecule has 0 aromatic heterocycles. The highest BCUT2D eigenvalue weighted by Gasteiger charge is 2.61. The summed E-state index contributed by atoms with van der Waals surface area (Å²) >= 11 is 0. The van der Waals surface area contributed by atoms with Crippen LogP contribution in [0.3, 0.4) is 0 Å². The predicted octanol–water partition coefficient (Wildman–Crippen LogP) is -0.575. The number of hydrogen-bond acceptors (Lipinski definition) is 9. The molecular weight excluding hydrogens is 510 g/mol. The fourth-order valence-corrected chi connectivity index (χ4v) is 6.80. The van der Waals surface area contributed by atoms with Gasteiger partial charge in [-0.1, -0.05) is 24.3 Å². The molecular formula is C27H31N3O9. The van der Waals surface area contributed by atoms with E-state index in [1.165, 1.54) is 21.8 Å². The number of ether oxygens (including phenoxy) is 3. The van der Waals surface area contributed by atoms with Gasteiger partial charge in [0.05, 0.1) is 61.6 Å². The second-order valence-electron chi connectivity index (χ2n) is 10.8. The minimum Gasteiger partial charge on any atom is -0.469 e. The van der Waals surface area contributed by atoms with Crippen molar-refractivity contribution >= 4 is 35.5 Å². The van der Waals surface area contributed by atoms with E-state index in [1.807, 2.05) is 24.3 Å². The predicted molar refractivity (Wildman–Crippen MR) is 130 cm³/mol. The average Bonchev–Trinajstić information content (AvgIpc) is 3.77. The van der Waals surface area contributed by atoms with E-state index >= 15 is 0 Å². The number of carbonyl (C=O) groups is 6. The van der Waals surface area contributed by atoms with E-state index in [-0.39, 0.29) is 93.0 Å². The van der Waals surface area contributed by atoms with Crippen LogP contribution in [0.2, 0.25) is 0 Å². The van der Waals surface area contributed by atoms with Gasteiger partial charge in [-0.25, -0.2) is 0 Å². The van der Waals surface area contributed by atoms with Crippen LogP contribution >= 0.6 is 0 Å². The van der Waals surface area contributed by atoms with Gasteiger partial charge in [-0.3, -0.25) is 38.6 Å². The minimum atomic E-state index is -0.512. The summed E-state index contributed by atoms with van der Waals surface area (Å²) in [6.45, 7) is 0.712. The van der Waals surface area contributed by atoms with Crippen LogP contribution in [0, 0.1) is 23.7 Å². The molecule has 0 saturated carbocycles. The molecule has 39 heavy (non-hydrogen) atoms. The lowest BCUT2D eigenvalue weighted by Crippen LogP contribution is -2.43. The number of fused-ring (bicyclic) bond motifs is 10. The largest absolute Gasteiger partial charge is 0.469 e. The molecule has 0 N–H and O–H groups in total. The molecule has 208 valence electrons. The monoisotopic (exact) mass is 541 g/mol. The number of methoxy groups -OCH3 is 1. The van der Waals surface area contributed by atoms with E-state index < -0.39 is 29.6 Å². The Balaban J connectivity index is 1.04. The Bertz CT molecular complexity index is 1120. The van der Waals surface area contributed by atoms with Crippen LogP contribution in [0.1, 0.15) is 25.7 Å². The molecule has 6 aliphatic heterocycles. The van der Waals surface area contributed by atoms with Crippen LogP contribution in [0.5, 0.6) is 0 Å². The van der Waals surface area contributed by atoms with Crippen molar-refractivity contribution in [3.63, 3.8) is 0 Å². The normalized spacial score (nSPS) is 35.0. The van der Waals surface area contributed by atoms with Gasteiger partial charge in [0.25, 0.3) is 0 Å². The number of amides is 5. The summed E-state index contributed by atoms with van der Waals surface area (Å²) in [5, 5.41) is 0. The minimum absolute atomic E-state index is 0.0519. The van der Waals surface area contributed by atoms with Crippen LogP contribution in [0.25, 0.3) is 0 Å². The molecule has 6 heterocycles. The quantitative estimate of drug-likeness (QED) is 0.146. The maximum absolute atomic E-state index is 13.0. The van der Waals surface area contributed by atoms with E-state index in [0.29, 0.717) is 12.8 Å². The first-order valence-electron chi connectivity index (χ1n) is 13.5. The Kier molecular flexibility index (Phi) is 6.62. The highest BCUT2D eigenvalue weighted by Crippen LogP contribution is 2.46. The van der Waals surface area contributed by atoms with Crippen molar-refractivity contribution in [2.24, 2.45) is 23.7 Å². The first-order chi connectivity index (χ1) is 18.8. The topological polar surface area (TPSA) is 140 Å². The van der Waals surface area contributed by atoms with Gasteiger partial charge in [-0.05, 0) is 12.8 Å². The van der Waals surface area contributed by atoms with Crippen LogP contribution in [0.4, 0.5) is 0 Å². The Morgan fingerprint density at radius 2 is 1.18 bits per heavy atom. The molecule has 6 rings (SSSR count). The zero-order valence-electron chi connectivity index (χ0n) is 21.6. The number of imide groups is 2. The lowest BCUT2D eigenvalue weighted by molar-refractivity contribution is -0.145. The smallest absolute Gasteiger partial charge is 0.306 e. The molecule has 4 saturated heterocycles. The zero-order valence-corrected chi connectivity index (χ0v) is 21.6. The number of nitrogens with zero attached hydrogens (tertiary/aromatic N) is 3. The van der Waals surface area contributed by atoms with Crippen molar-refractivity contribution in [3.8, 4) is 0 Å². The van der Waals surface area contributed by atoms with Gasteiger partial charge in [-0.2, -0.15) is 0 Å². The second kappa shape index (κ2) is 9.98. The summed E-state index contributed by atoms with van der Waals surface area (Å²) in [6, 6.07) is 0. The maximum Gasteiger partial charge on any atom is 0.306 e. The fraction of sp³-hybridized carbons (Fsp3) is 0.630. The van der Waals surface area contributed by atoms with Gasteiger partial charge < -0.3 is 19.1 Å². The van der Waals surface area contributed by atoms with E-state index in [4.69, 9.17) is 9.47 Å². The summed E-state index contributed by atoms with van der Waals surface area (Å²) in [5.74, 6) is -3.72. The summed E-state index contributed by atoms with van der Waals surface area (Å²) in [5.41, 5.74) is 0. The summed E-state index contributed by atoms with van der Waals surface area (Å²) in [6.07, 6.45) is 6.72. The third-order valence-corrected chi connectivity index (χ3v) is 8.78. The highest BCUT2D eigenvalue weighted by atomic mass is 16.5. The number of likely N-dealkylation sites (tertiary alicyclic amines) is 2. The van der Waals surface area contributed by atoms with Crippen molar-refractivity contribution < 1.29 is 43.0 Å². The van der Waals surface area contributed by atoms with E-state index in [2.05, 4.69) is 4.74 Å². The molecule has 0 aromatic carbocycles. The van der Waals surface area contributed by atoms with Gasteiger partial charge >= 0.3 is 5.97 Å². The number of rotatable bonds is 11. The molecule has 5 amide bonds. The molecule has 0 aromatic rings. The van der Waals surface area contributed by atoms with Crippen LogP contribution in [-0.4, -0.2) is 108 Å². The first kappa shape index (κ1) is 25.9. The third-order valence-electron chi connectivity index (χ3n) is 8.78. The average molecular weight is 542 g/mol. The van der Waals surface area contributed by atoms with Gasteiger partial charge in [-0.15, -0.1) is 0 Å². The van der Waals surface area contributed by atoms with E-state index in [9.17, 15) is 28.8 Å². The molecule has 4 bridgehead atoms. The van der Waals surface area contributed by atoms with E-state index in [1.54, 1.807) is 0 Å². The van der Waals surface area contributed by atoms with Gasteiger partial charge in [0.2, 0.25) is 29.5 Å². The second-order valence-corrected chi connectivity index (χ2v) is 10.8. The molecule has 0 spiro atoms. The zero-order chi connectivity index (χ0) is 27.4. The standard InChI is InChI=1S/C27H31N3O9/c1-37-19(32)9-8-18(31)28(12-13-30-26(35)22-16-6-7-17(39-16)23(22)27(30)36)10-2-3-11-29-24(33)20-14-4-5-15(38-14)21(20)25(29)34/h4-7,14-17,20-23H,2-3,8-13H2,1H3. The SMILES string of the molecule is COC(=O)CCC(=O)N(CCCCN1C(=O)C2C3C=CC(O3)C2C1=O)CCN1C(=O)C2C3C=CC(O3)C2C1=O. The molecule has 0 aliphatic carbocycles. The number of carbonyl (C=O) groups excluding carboxylic acids is 6. The lowest BCUT2D eigenvalue weighted by Gasteiger charge is -2.26. The fourth-order valence-electron chi connectivity index (χ4n) is 6.80. The number of hydrogen-bond donors (Lipinski definition) is 0. The van der Waals surface area contributed by atoms with Gasteiger partial charge in [0.15, 0.2) is 0 Å². The number of unbranched alkanes of at least 4 members (excludes halogenated alkanes) is 1. The Labute approximate surface area is 224 Å². The van der Waals surface area contributed by atoms with Crippen LogP contribution < -0.4 is 0 Å². The van der Waals surface area contributed by atoms with Crippen molar-refractivity contribution in [3.05, 3.63) is 24.3 Å². The molecule has 12 heteroatoms. The summed E-state index contributed by atoms with van der Waals surface area (Å²) < 4.78 is 16.0. The molecule has 12 nitrogen and oxygen atoms in total. The highest BCUT2D eigenvalue weighted by molar-refractivity contribution is 6.07. The third kappa shape index (κ3) is 4.20. The van der Waals surface area contributed by atoms with Crippen molar-refractivity contribution in [1.82, 2.24) is 14.7 Å². The van der Waals surface area contributed by atoms with Crippen molar-refractivity contribution in [1.29, 1.82) is 0 Å². The number of esters is 1. The van der Waals surface area contributed by atoms with E-state index in [0.717, 1.165) is 0 Å². The maximum atomic E-state index is 13.0. The van der Waals surface area contributed by atoms with Crippen LogP contribution in [0.15, 0.2) is 24.3 Å². The van der Waals surface area contributed by atoms with Gasteiger partial charge in [0, 0.05) is 32.6 Å². The van der Waals surface area contributed by atoms with Crippen LogP contribution in [-0.2, 0) is 43.0 Å². The summed E-state index contributed by atoms with van der Waals surface area (Å²) in [7, 11) is 1.25. The molecule has 8 atom stereocenters. The molecule has 4 fully saturated rings. The lowest BCUT2D eigenvalue weighted by atomic mass is 9.85. The first-order valence-corrected chi connectivity index (χ1v) is 13.5. The molecule has 0 radical (unpaired) electrons. The summed E-state index contributed by atoms with van der Waals surface area (Å²) in [4.78, 5) is 80.2. The molecule has 6 aliphatic rings. The Hall–Kier alpha value is -3.38. The Morgan fingerprint density at radius 3 is 1.64 bits per heavy atom. The van der Waals surface area contributed by atoms with Crippen molar-refractivity contribution in [2.45, 2.75) is 50.1 Å². The molecule has 8 unspecified atom stereocenters.